The summed E-state index contributed by atoms with van der Waals surface area (Å²) in [6.07, 6.45) is 0.317. The lowest BCUT2D eigenvalue weighted by molar-refractivity contribution is -0.145. The van der Waals surface area contributed by atoms with Crippen LogP contribution in [0, 0.1) is 17.3 Å². The monoisotopic (exact) mass is 574 g/mol. The topological polar surface area (TPSA) is 136 Å². The Morgan fingerprint density at radius 3 is 2.05 bits per heavy atom. The molecule has 2 rings (SSSR count). The van der Waals surface area contributed by atoms with Gasteiger partial charge in [0, 0.05) is 18.5 Å². The number of carboxylic acid groups (broad SMARTS) is 1. The number of imide groups is 1. The first-order valence-corrected chi connectivity index (χ1v) is 13.8. The number of benzene rings is 1. The molecule has 0 bridgehead atoms. The number of nitrogens with zero attached hydrogens (tertiary/aromatic N) is 2. The van der Waals surface area contributed by atoms with Crippen LogP contribution in [-0.4, -0.2) is 80.7 Å². The molecule has 1 aromatic rings. The van der Waals surface area contributed by atoms with Crippen molar-refractivity contribution in [2.75, 3.05) is 13.6 Å². The fourth-order valence-electron chi connectivity index (χ4n) is 4.49. The Kier molecular flexibility index (Phi) is 10.6. The van der Waals surface area contributed by atoms with Gasteiger partial charge in [0.25, 0.3) is 5.91 Å². The van der Waals surface area contributed by atoms with E-state index < -0.39 is 52.8 Å². The second-order valence-electron chi connectivity index (χ2n) is 12.3. The molecule has 1 aliphatic rings. The predicted octanol–water partition coefficient (Wildman–Crippen LogP) is 3.23. The molecule has 11 heteroatoms. The predicted molar refractivity (Wildman–Crippen MR) is 156 cm³/mol. The van der Waals surface area contributed by atoms with E-state index in [1.54, 1.807) is 65.9 Å². The molecule has 1 saturated heterocycles. The zero-order valence-corrected chi connectivity index (χ0v) is 25.4. The van der Waals surface area contributed by atoms with E-state index in [0.717, 1.165) is 4.90 Å². The van der Waals surface area contributed by atoms with Gasteiger partial charge in [0.05, 0.1) is 5.92 Å². The van der Waals surface area contributed by atoms with Crippen LogP contribution in [0.25, 0.3) is 0 Å². The number of carbonyl (C=O) groups is 5. The van der Waals surface area contributed by atoms with Gasteiger partial charge in [-0.05, 0) is 43.6 Å². The van der Waals surface area contributed by atoms with Crippen LogP contribution < -0.4 is 10.6 Å². The highest BCUT2D eigenvalue weighted by Gasteiger charge is 2.49. The molecule has 40 heavy (non-hydrogen) atoms. The average molecular weight is 575 g/mol. The minimum absolute atomic E-state index is 0.00565. The van der Waals surface area contributed by atoms with E-state index in [2.05, 4.69) is 10.6 Å². The molecular formula is C29H42N4O6S. The van der Waals surface area contributed by atoms with Gasteiger partial charge in [0.1, 0.15) is 17.6 Å². The zero-order chi connectivity index (χ0) is 30.6. The summed E-state index contributed by atoms with van der Waals surface area (Å²) in [4.78, 5) is 67.4. The Morgan fingerprint density at radius 2 is 1.60 bits per heavy atom. The zero-order valence-electron chi connectivity index (χ0n) is 24.6. The Morgan fingerprint density at radius 1 is 1.02 bits per heavy atom. The summed E-state index contributed by atoms with van der Waals surface area (Å²) < 4.78 is 0. The summed E-state index contributed by atoms with van der Waals surface area (Å²) in [6, 6.07) is 6.29. The lowest BCUT2D eigenvalue weighted by Crippen LogP contribution is -2.56. The molecule has 0 radical (unpaired) electrons. The minimum Gasteiger partial charge on any atom is -0.480 e. The quantitative estimate of drug-likeness (QED) is 0.198. The number of urea groups is 1. The number of carbonyl (C=O) groups excluding carboxylic acids is 4. The number of likely N-dealkylation sites (N-methyl/N-ethyl adjacent to an activating group) is 1. The van der Waals surface area contributed by atoms with Crippen molar-refractivity contribution in [3.63, 3.8) is 0 Å². The fraction of sp³-hybridized carbons (Fsp3) is 0.586. The van der Waals surface area contributed by atoms with Crippen molar-refractivity contribution in [1.29, 1.82) is 0 Å². The summed E-state index contributed by atoms with van der Waals surface area (Å²) in [5, 5.41) is 15.0. The molecule has 1 heterocycles. The average Bonchev–Trinajstić information content (AvgIpc) is 3.00. The van der Waals surface area contributed by atoms with Crippen LogP contribution in [0.4, 0.5) is 4.79 Å². The summed E-state index contributed by atoms with van der Waals surface area (Å²) in [5.41, 5.74) is -1.14. The van der Waals surface area contributed by atoms with Gasteiger partial charge in [-0.2, -0.15) is 0 Å². The molecule has 1 aliphatic heterocycles. The number of hydrogen-bond acceptors (Lipinski definition) is 6. The Hall–Kier alpha value is -3.34. The Labute approximate surface area is 241 Å². The lowest BCUT2D eigenvalue weighted by atomic mass is 9.86. The highest BCUT2D eigenvalue weighted by molar-refractivity contribution is 7.81. The van der Waals surface area contributed by atoms with Crippen molar-refractivity contribution < 1.29 is 29.1 Å². The van der Waals surface area contributed by atoms with E-state index in [9.17, 15) is 29.1 Å². The molecule has 1 aromatic carbocycles. The van der Waals surface area contributed by atoms with Crippen LogP contribution in [-0.2, 0) is 19.2 Å². The molecule has 1 fully saturated rings. The first-order chi connectivity index (χ1) is 18.4. The number of aliphatic carboxylic acids is 1. The van der Waals surface area contributed by atoms with Crippen LogP contribution in [0.5, 0.6) is 0 Å². The van der Waals surface area contributed by atoms with Crippen molar-refractivity contribution in [1.82, 2.24) is 20.4 Å². The summed E-state index contributed by atoms with van der Waals surface area (Å²) in [5.74, 6) is -3.63. The maximum atomic E-state index is 13.7. The SMILES string of the molecule is CC(C)C[C@H](NC(=O)[C@H](CCN1C(=O)N(C)C(C)(C)C1=O)C(=S)c1ccccc1)C(=O)N[C@H](C(=O)O)C(C)(C)C. The van der Waals surface area contributed by atoms with Gasteiger partial charge in [-0.3, -0.25) is 19.3 Å². The Balaban J connectivity index is 2.34. The number of hydrogen-bond donors (Lipinski definition) is 3. The van der Waals surface area contributed by atoms with E-state index in [1.165, 1.54) is 4.90 Å². The fourth-order valence-corrected chi connectivity index (χ4v) is 4.85. The van der Waals surface area contributed by atoms with Crippen LogP contribution in [0.2, 0.25) is 0 Å². The molecular weight excluding hydrogens is 532 g/mol. The van der Waals surface area contributed by atoms with Crippen LogP contribution in [0.1, 0.15) is 66.9 Å². The van der Waals surface area contributed by atoms with Crippen LogP contribution >= 0.6 is 12.2 Å². The van der Waals surface area contributed by atoms with Crippen molar-refractivity contribution in [3.05, 3.63) is 35.9 Å². The van der Waals surface area contributed by atoms with E-state index in [1.807, 2.05) is 19.9 Å². The number of nitrogens with one attached hydrogen (secondary N) is 2. The molecule has 0 aromatic heterocycles. The smallest absolute Gasteiger partial charge is 0.327 e. The maximum absolute atomic E-state index is 13.7. The number of thiocarbonyl (C=S) groups is 1. The molecule has 220 valence electrons. The second kappa shape index (κ2) is 12.9. The summed E-state index contributed by atoms with van der Waals surface area (Å²) in [6.45, 7) is 12.2. The normalized spacial score (nSPS) is 17.4. The molecule has 5 amide bonds. The minimum atomic E-state index is -1.17. The van der Waals surface area contributed by atoms with Crippen molar-refractivity contribution >= 4 is 46.8 Å². The van der Waals surface area contributed by atoms with Gasteiger partial charge in [-0.1, -0.05) is 77.2 Å². The van der Waals surface area contributed by atoms with Crippen molar-refractivity contribution in [2.24, 2.45) is 17.3 Å². The van der Waals surface area contributed by atoms with Gasteiger partial charge in [0.2, 0.25) is 11.8 Å². The molecule has 10 nitrogen and oxygen atoms in total. The molecule has 0 saturated carbocycles. The maximum Gasteiger partial charge on any atom is 0.327 e. The van der Waals surface area contributed by atoms with Gasteiger partial charge in [-0.15, -0.1) is 0 Å². The Bertz CT molecular complexity index is 1140. The van der Waals surface area contributed by atoms with E-state index in [4.69, 9.17) is 12.2 Å². The third-order valence-electron chi connectivity index (χ3n) is 7.20. The van der Waals surface area contributed by atoms with Gasteiger partial charge in [0.15, 0.2) is 0 Å². The third-order valence-corrected chi connectivity index (χ3v) is 7.72. The highest BCUT2D eigenvalue weighted by atomic mass is 32.1. The molecule has 0 aliphatic carbocycles. The van der Waals surface area contributed by atoms with Crippen LogP contribution in [0.15, 0.2) is 30.3 Å². The number of carboxylic acids is 1. The van der Waals surface area contributed by atoms with Gasteiger partial charge < -0.3 is 20.6 Å². The van der Waals surface area contributed by atoms with Crippen molar-refractivity contribution in [3.8, 4) is 0 Å². The van der Waals surface area contributed by atoms with E-state index in [0.29, 0.717) is 10.4 Å². The molecule has 3 atom stereocenters. The van der Waals surface area contributed by atoms with Crippen LogP contribution in [0.3, 0.4) is 0 Å². The second-order valence-corrected chi connectivity index (χ2v) is 12.7. The molecule has 0 unspecified atom stereocenters. The third kappa shape index (κ3) is 7.65. The molecule has 3 N–H and O–H groups in total. The van der Waals surface area contributed by atoms with Gasteiger partial charge in [-0.25, -0.2) is 9.59 Å². The number of amides is 5. The largest absolute Gasteiger partial charge is 0.480 e. The molecule has 0 spiro atoms. The standard InChI is InChI=1S/C29H42N4O6S/c1-17(2)16-20(24(35)31-22(25(36)37)28(3,4)5)30-23(34)19(21(40)18-12-10-9-11-13-18)14-15-33-26(38)29(6,7)32(8)27(33)39/h9-13,17,19-20,22H,14-16H2,1-8H3,(H,30,34)(H,31,35)(H,36,37)/t19-,20+,22-/m1/s1. The first-order valence-electron chi connectivity index (χ1n) is 13.4. The lowest BCUT2D eigenvalue weighted by Gasteiger charge is -2.30. The summed E-state index contributed by atoms with van der Waals surface area (Å²) >= 11 is 5.71. The number of rotatable bonds is 12. The summed E-state index contributed by atoms with van der Waals surface area (Å²) in [7, 11) is 1.55. The van der Waals surface area contributed by atoms with E-state index >= 15 is 0 Å². The first kappa shape index (κ1) is 32.9. The van der Waals surface area contributed by atoms with Gasteiger partial charge >= 0.3 is 12.0 Å². The highest BCUT2D eigenvalue weighted by Crippen LogP contribution is 2.27. The van der Waals surface area contributed by atoms with E-state index in [-0.39, 0.29) is 31.2 Å². The van der Waals surface area contributed by atoms with Crippen molar-refractivity contribution in [2.45, 2.75) is 78.9 Å².